The van der Waals surface area contributed by atoms with Crippen molar-refractivity contribution in [2.45, 2.75) is 6.92 Å². The third kappa shape index (κ3) is 3.63. The van der Waals surface area contributed by atoms with Gasteiger partial charge in [-0.15, -0.1) is 0 Å². The fourth-order valence-electron chi connectivity index (χ4n) is 2.20. The summed E-state index contributed by atoms with van der Waals surface area (Å²) < 4.78 is 5.43. The quantitative estimate of drug-likeness (QED) is 0.613. The van der Waals surface area contributed by atoms with Crippen LogP contribution < -0.4 is 4.90 Å². The molecular weight excluding hydrogens is 342 g/mol. The van der Waals surface area contributed by atoms with Gasteiger partial charge in [-0.1, -0.05) is 0 Å². The highest BCUT2D eigenvalue weighted by molar-refractivity contribution is 9.10. The minimum Gasteiger partial charge on any atom is -0.450 e. The maximum absolute atomic E-state index is 11.6. The van der Waals surface area contributed by atoms with Gasteiger partial charge in [-0.05, 0) is 35.0 Å². The summed E-state index contributed by atoms with van der Waals surface area (Å²) in [5, 5.41) is 10.8. The summed E-state index contributed by atoms with van der Waals surface area (Å²) >= 11 is 3.22. The highest BCUT2D eigenvalue weighted by Crippen LogP contribution is 2.29. The molecule has 0 unspecified atom stereocenters. The van der Waals surface area contributed by atoms with E-state index in [4.69, 9.17) is 4.74 Å². The van der Waals surface area contributed by atoms with E-state index in [1.54, 1.807) is 24.0 Å². The lowest BCUT2D eigenvalue weighted by atomic mass is 10.2. The minimum atomic E-state index is -0.424. The number of carbonyl (C=O) groups excluding carboxylic acids is 1. The molecule has 0 aromatic heterocycles. The van der Waals surface area contributed by atoms with E-state index >= 15 is 0 Å². The van der Waals surface area contributed by atoms with Crippen LogP contribution in [0.3, 0.4) is 0 Å². The molecule has 0 bridgehead atoms. The number of amides is 1. The number of nitro groups is 1. The first-order valence-corrected chi connectivity index (χ1v) is 7.42. The molecule has 2 rings (SSSR count). The largest absolute Gasteiger partial charge is 0.450 e. The molecule has 0 N–H and O–H groups in total. The molecular formula is C13H16BrN3O4. The monoisotopic (exact) mass is 357 g/mol. The van der Waals surface area contributed by atoms with Crippen LogP contribution in [0.2, 0.25) is 0 Å². The van der Waals surface area contributed by atoms with Gasteiger partial charge in [0.15, 0.2) is 0 Å². The van der Waals surface area contributed by atoms with E-state index in [1.165, 1.54) is 6.07 Å². The lowest BCUT2D eigenvalue weighted by molar-refractivity contribution is -0.385. The average Bonchev–Trinajstić information content (AvgIpc) is 2.47. The number of carbonyl (C=O) groups is 1. The van der Waals surface area contributed by atoms with E-state index in [1.807, 2.05) is 0 Å². The van der Waals surface area contributed by atoms with Gasteiger partial charge in [-0.2, -0.15) is 0 Å². The van der Waals surface area contributed by atoms with Crippen LogP contribution in [-0.2, 0) is 4.74 Å². The van der Waals surface area contributed by atoms with Crippen LogP contribution >= 0.6 is 15.9 Å². The highest BCUT2D eigenvalue weighted by atomic mass is 79.9. The summed E-state index contributed by atoms with van der Waals surface area (Å²) in [4.78, 5) is 25.7. The second kappa shape index (κ2) is 6.75. The SMILES string of the molecule is CCOC(=O)N1CCN(c2ccc([N+](=O)[O-])c(Br)c2)CC1. The van der Waals surface area contributed by atoms with Crippen LogP contribution in [0.5, 0.6) is 0 Å². The van der Waals surface area contributed by atoms with Crippen LogP contribution in [0.1, 0.15) is 6.92 Å². The summed E-state index contributed by atoms with van der Waals surface area (Å²) in [5.41, 5.74) is 0.944. The highest BCUT2D eigenvalue weighted by Gasteiger charge is 2.23. The smallest absolute Gasteiger partial charge is 0.409 e. The van der Waals surface area contributed by atoms with Gasteiger partial charge >= 0.3 is 6.09 Å². The molecule has 21 heavy (non-hydrogen) atoms. The van der Waals surface area contributed by atoms with Gasteiger partial charge in [0, 0.05) is 37.9 Å². The maximum atomic E-state index is 11.6. The molecule has 1 aromatic carbocycles. The van der Waals surface area contributed by atoms with Crippen molar-refractivity contribution in [1.82, 2.24) is 4.90 Å². The van der Waals surface area contributed by atoms with Crippen molar-refractivity contribution in [2.75, 3.05) is 37.7 Å². The predicted octanol–water partition coefficient (Wildman–Crippen LogP) is 2.64. The number of hydrogen-bond donors (Lipinski definition) is 0. The van der Waals surface area contributed by atoms with Gasteiger partial charge in [0.05, 0.1) is 16.0 Å². The van der Waals surface area contributed by atoms with E-state index in [0.29, 0.717) is 37.3 Å². The molecule has 1 saturated heterocycles. The number of hydrogen-bond acceptors (Lipinski definition) is 5. The van der Waals surface area contributed by atoms with Gasteiger partial charge in [-0.25, -0.2) is 4.79 Å². The van der Waals surface area contributed by atoms with Gasteiger partial charge in [0.25, 0.3) is 5.69 Å². The maximum Gasteiger partial charge on any atom is 0.409 e. The fourth-order valence-corrected chi connectivity index (χ4v) is 2.71. The zero-order chi connectivity index (χ0) is 15.4. The molecule has 1 aliphatic heterocycles. The van der Waals surface area contributed by atoms with Gasteiger partial charge in [0.1, 0.15) is 0 Å². The Kier molecular flexibility index (Phi) is 5.00. The molecule has 0 spiro atoms. The molecule has 1 aliphatic rings. The molecule has 1 heterocycles. The normalized spacial score (nSPS) is 15.0. The second-order valence-corrected chi connectivity index (χ2v) is 5.42. The zero-order valence-corrected chi connectivity index (χ0v) is 13.2. The third-order valence-corrected chi connectivity index (χ3v) is 3.93. The van der Waals surface area contributed by atoms with Crippen LogP contribution in [0.4, 0.5) is 16.2 Å². The first-order valence-electron chi connectivity index (χ1n) is 6.63. The Bertz CT molecular complexity index is 544. The molecule has 0 radical (unpaired) electrons. The minimum absolute atomic E-state index is 0.0453. The molecule has 1 fully saturated rings. The van der Waals surface area contributed by atoms with Crippen molar-refractivity contribution < 1.29 is 14.5 Å². The van der Waals surface area contributed by atoms with Gasteiger partial charge in [-0.3, -0.25) is 10.1 Å². The Morgan fingerprint density at radius 2 is 2.05 bits per heavy atom. The number of rotatable bonds is 3. The van der Waals surface area contributed by atoms with E-state index in [-0.39, 0.29) is 11.8 Å². The Morgan fingerprint density at radius 1 is 1.38 bits per heavy atom. The lowest BCUT2D eigenvalue weighted by Crippen LogP contribution is -2.49. The number of nitrogens with zero attached hydrogens (tertiary/aromatic N) is 3. The predicted molar refractivity (Wildman–Crippen MR) is 81.6 cm³/mol. The second-order valence-electron chi connectivity index (χ2n) is 4.57. The molecule has 0 saturated carbocycles. The Labute approximate surface area is 130 Å². The first-order chi connectivity index (χ1) is 10.0. The summed E-state index contributed by atoms with van der Waals surface area (Å²) in [5.74, 6) is 0. The number of halogens is 1. The number of ether oxygens (including phenoxy) is 1. The topological polar surface area (TPSA) is 75.9 Å². The van der Waals surface area contributed by atoms with Crippen molar-refractivity contribution in [3.63, 3.8) is 0 Å². The van der Waals surface area contributed by atoms with Gasteiger partial charge in [0.2, 0.25) is 0 Å². The summed E-state index contributed by atoms with van der Waals surface area (Å²) in [6, 6.07) is 4.94. The standard InChI is InChI=1S/C13H16BrN3O4/c1-2-21-13(18)16-7-5-15(6-8-16)10-3-4-12(17(19)20)11(14)9-10/h3-4,9H,2,5-8H2,1H3. The fraction of sp³-hybridized carbons (Fsp3) is 0.462. The van der Waals surface area contributed by atoms with Crippen molar-refractivity contribution in [2.24, 2.45) is 0 Å². The Balaban J connectivity index is 2.01. The lowest BCUT2D eigenvalue weighted by Gasteiger charge is -2.35. The first kappa shape index (κ1) is 15.6. The van der Waals surface area contributed by atoms with Gasteiger partial charge < -0.3 is 14.5 Å². The van der Waals surface area contributed by atoms with Crippen LogP contribution in [0.15, 0.2) is 22.7 Å². The third-order valence-electron chi connectivity index (χ3n) is 3.30. The summed E-state index contributed by atoms with van der Waals surface area (Å²) in [6.45, 7) is 4.64. The zero-order valence-electron chi connectivity index (χ0n) is 11.6. The van der Waals surface area contributed by atoms with Crippen LogP contribution in [-0.4, -0.2) is 48.7 Å². The van der Waals surface area contributed by atoms with E-state index < -0.39 is 4.92 Å². The molecule has 1 aromatic rings. The Morgan fingerprint density at radius 3 is 2.57 bits per heavy atom. The molecule has 0 aliphatic carbocycles. The Hall–Kier alpha value is -1.83. The van der Waals surface area contributed by atoms with E-state index in [9.17, 15) is 14.9 Å². The van der Waals surface area contributed by atoms with Crippen LogP contribution in [0, 0.1) is 10.1 Å². The van der Waals surface area contributed by atoms with E-state index in [2.05, 4.69) is 20.8 Å². The van der Waals surface area contributed by atoms with Crippen molar-refractivity contribution in [1.29, 1.82) is 0 Å². The molecule has 7 nitrogen and oxygen atoms in total. The summed E-state index contributed by atoms with van der Waals surface area (Å²) in [7, 11) is 0. The van der Waals surface area contributed by atoms with Crippen molar-refractivity contribution in [3.05, 3.63) is 32.8 Å². The molecule has 8 heteroatoms. The average molecular weight is 358 g/mol. The number of anilines is 1. The van der Waals surface area contributed by atoms with Crippen LogP contribution in [0.25, 0.3) is 0 Å². The molecule has 1 amide bonds. The number of nitro benzene ring substituents is 1. The van der Waals surface area contributed by atoms with Crippen molar-refractivity contribution >= 4 is 33.4 Å². The molecule has 0 atom stereocenters. The molecule has 114 valence electrons. The van der Waals surface area contributed by atoms with E-state index in [0.717, 1.165) is 5.69 Å². The number of piperazine rings is 1. The summed E-state index contributed by atoms with van der Waals surface area (Å²) in [6.07, 6.45) is -0.290. The van der Waals surface area contributed by atoms with Crippen molar-refractivity contribution in [3.8, 4) is 0 Å². The number of benzene rings is 1.